The number of carboxylic acids is 1. The largest absolute Gasteiger partial charge is 0.478 e. The van der Waals surface area contributed by atoms with Crippen LogP contribution in [0.5, 0.6) is 0 Å². The zero-order valence-corrected chi connectivity index (χ0v) is 17.8. The van der Waals surface area contributed by atoms with E-state index < -0.39 is 17.9 Å². The number of halogens is 1. The Hall–Kier alpha value is -2.57. The van der Waals surface area contributed by atoms with Crippen molar-refractivity contribution in [3.8, 4) is 0 Å². The highest BCUT2D eigenvalue weighted by Crippen LogP contribution is 2.40. The van der Waals surface area contributed by atoms with Crippen molar-refractivity contribution in [2.45, 2.75) is 32.6 Å². The Morgan fingerprint density at radius 1 is 1.14 bits per heavy atom. The molecule has 0 amide bonds. The van der Waals surface area contributed by atoms with Crippen molar-refractivity contribution in [3.05, 3.63) is 79.8 Å². The Kier molecular flexibility index (Phi) is 6.77. The van der Waals surface area contributed by atoms with E-state index in [0.29, 0.717) is 34.8 Å². The number of benzene rings is 1. The SMILES string of the molecule is CC1=C(C(=O)O)C(c2cccs2)C(C(=O)OCCCc2ccccc2Cl)=C(C)N1. The first-order valence-corrected chi connectivity index (χ1v) is 10.5. The van der Waals surface area contributed by atoms with Crippen molar-refractivity contribution in [1.82, 2.24) is 5.32 Å². The predicted octanol–water partition coefficient (Wildman–Crippen LogP) is 4.90. The maximum absolute atomic E-state index is 12.9. The number of ether oxygens (including phenoxy) is 1. The van der Waals surface area contributed by atoms with Crippen molar-refractivity contribution in [2.24, 2.45) is 0 Å². The number of carbonyl (C=O) groups is 2. The van der Waals surface area contributed by atoms with Crippen LogP contribution >= 0.6 is 22.9 Å². The van der Waals surface area contributed by atoms with E-state index in [1.165, 1.54) is 11.3 Å². The number of carbonyl (C=O) groups excluding carboxylic acids is 1. The van der Waals surface area contributed by atoms with Crippen LogP contribution in [-0.4, -0.2) is 23.7 Å². The number of nitrogens with one attached hydrogen (secondary N) is 1. The fourth-order valence-electron chi connectivity index (χ4n) is 3.49. The number of aryl methyl sites for hydroxylation is 1. The van der Waals surface area contributed by atoms with Crippen LogP contribution in [0.25, 0.3) is 0 Å². The highest BCUT2D eigenvalue weighted by atomic mass is 35.5. The third kappa shape index (κ3) is 4.71. The van der Waals surface area contributed by atoms with Crippen LogP contribution in [0.15, 0.2) is 64.3 Å². The summed E-state index contributed by atoms with van der Waals surface area (Å²) in [5, 5.41) is 15.3. The molecule has 0 bridgehead atoms. The summed E-state index contributed by atoms with van der Waals surface area (Å²) in [4.78, 5) is 25.6. The second-order valence-corrected chi connectivity index (χ2v) is 8.17. The van der Waals surface area contributed by atoms with Crippen LogP contribution in [0.4, 0.5) is 0 Å². The van der Waals surface area contributed by atoms with Crippen LogP contribution in [0.3, 0.4) is 0 Å². The molecule has 1 aromatic heterocycles. The van der Waals surface area contributed by atoms with Crippen LogP contribution in [0.1, 0.15) is 36.6 Å². The van der Waals surface area contributed by atoms with E-state index in [9.17, 15) is 14.7 Å². The summed E-state index contributed by atoms with van der Waals surface area (Å²) >= 11 is 7.58. The standard InChI is InChI=1S/C22H22ClNO4S/c1-13-18(21(25)26)20(17-10-6-12-29-17)19(14(2)24-13)22(27)28-11-5-8-15-7-3-4-9-16(15)23/h3-4,6-7,9-10,12,20,24H,5,8,11H2,1-2H3,(H,25,26). The zero-order chi connectivity index (χ0) is 21.0. The van der Waals surface area contributed by atoms with Crippen molar-refractivity contribution in [1.29, 1.82) is 0 Å². The smallest absolute Gasteiger partial charge is 0.336 e. The molecule has 1 aliphatic heterocycles. The van der Waals surface area contributed by atoms with E-state index in [0.717, 1.165) is 10.4 Å². The molecule has 0 aliphatic carbocycles. The third-order valence-corrected chi connectivity index (χ3v) is 6.13. The number of carboxylic acid groups (broad SMARTS) is 1. The quantitative estimate of drug-likeness (QED) is 0.481. The lowest BCUT2D eigenvalue weighted by molar-refractivity contribution is -0.139. The summed E-state index contributed by atoms with van der Waals surface area (Å²) in [6, 6.07) is 11.3. The van der Waals surface area contributed by atoms with Gasteiger partial charge in [0.1, 0.15) is 0 Å². The third-order valence-electron chi connectivity index (χ3n) is 4.82. The van der Waals surface area contributed by atoms with Crippen molar-refractivity contribution < 1.29 is 19.4 Å². The minimum absolute atomic E-state index is 0.168. The lowest BCUT2D eigenvalue weighted by Crippen LogP contribution is -2.31. The van der Waals surface area contributed by atoms with E-state index in [4.69, 9.17) is 16.3 Å². The molecule has 0 fully saturated rings. The number of hydrogen-bond acceptors (Lipinski definition) is 5. The zero-order valence-electron chi connectivity index (χ0n) is 16.2. The van der Waals surface area contributed by atoms with E-state index in [1.807, 2.05) is 41.8 Å². The van der Waals surface area contributed by atoms with Crippen LogP contribution < -0.4 is 5.32 Å². The molecule has 2 heterocycles. The molecular weight excluding hydrogens is 410 g/mol. The molecule has 1 atom stereocenters. The number of thiophene rings is 1. The van der Waals surface area contributed by atoms with Gasteiger partial charge >= 0.3 is 11.9 Å². The lowest BCUT2D eigenvalue weighted by Gasteiger charge is -2.28. The highest BCUT2D eigenvalue weighted by molar-refractivity contribution is 7.10. The van der Waals surface area contributed by atoms with Crippen molar-refractivity contribution in [3.63, 3.8) is 0 Å². The first kappa shape index (κ1) is 21.1. The highest BCUT2D eigenvalue weighted by Gasteiger charge is 2.37. The number of allylic oxidation sites excluding steroid dienone is 2. The van der Waals surface area contributed by atoms with Gasteiger partial charge in [-0.25, -0.2) is 9.59 Å². The summed E-state index contributed by atoms with van der Waals surface area (Å²) < 4.78 is 5.51. The molecule has 1 aliphatic rings. The van der Waals surface area contributed by atoms with Crippen molar-refractivity contribution in [2.75, 3.05) is 6.61 Å². The van der Waals surface area contributed by atoms with Gasteiger partial charge in [0.05, 0.1) is 23.7 Å². The molecular formula is C22H22ClNO4S. The molecule has 3 rings (SSSR count). The van der Waals surface area contributed by atoms with Crippen LogP contribution in [-0.2, 0) is 20.7 Å². The molecule has 0 spiro atoms. The Balaban J connectivity index is 1.74. The molecule has 1 aromatic carbocycles. The monoisotopic (exact) mass is 431 g/mol. The van der Waals surface area contributed by atoms with Gasteiger partial charge in [-0.05, 0) is 49.8 Å². The van der Waals surface area contributed by atoms with E-state index in [2.05, 4.69) is 5.32 Å². The van der Waals surface area contributed by atoms with Gasteiger partial charge in [-0.1, -0.05) is 35.9 Å². The van der Waals surface area contributed by atoms with Gasteiger partial charge in [-0.3, -0.25) is 0 Å². The second kappa shape index (κ2) is 9.29. The first-order chi connectivity index (χ1) is 13.9. The minimum Gasteiger partial charge on any atom is -0.478 e. The minimum atomic E-state index is -1.05. The molecule has 0 saturated heterocycles. The number of dihydropyridines is 1. The van der Waals surface area contributed by atoms with E-state index in [-0.39, 0.29) is 12.2 Å². The maximum Gasteiger partial charge on any atom is 0.336 e. The molecule has 7 heteroatoms. The Morgan fingerprint density at radius 2 is 1.86 bits per heavy atom. The Bertz CT molecular complexity index is 978. The molecule has 5 nitrogen and oxygen atoms in total. The van der Waals surface area contributed by atoms with Crippen LogP contribution in [0, 0.1) is 0 Å². The Labute approximate surface area is 178 Å². The summed E-state index contributed by atoms with van der Waals surface area (Å²) in [7, 11) is 0. The molecule has 2 N–H and O–H groups in total. The van der Waals surface area contributed by atoms with Crippen LogP contribution in [0.2, 0.25) is 5.02 Å². The molecule has 0 radical (unpaired) electrons. The Morgan fingerprint density at radius 3 is 2.52 bits per heavy atom. The average molecular weight is 432 g/mol. The molecule has 1 unspecified atom stereocenters. The number of hydrogen-bond donors (Lipinski definition) is 2. The topological polar surface area (TPSA) is 75.6 Å². The van der Waals surface area contributed by atoms with E-state index >= 15 is 0 Å². The molecule has 0 saturated carbocycles. The second-order valence-electron chi connectivity index (χ2n) is 6.79. The van der Waals surface area contributed by atoms with Gasteiger partial charge in [-0.2, -0.15) is 0 Å². The number of aliphatic carboxylic acids is 1. The summed E-state index contributed by atoms with van der Waals surface area (Å²) in [5.74, 6) is -2.20. The average Bonchev–Trinajstić information content (AvgIpc) is 3.19. The van der Waals surface area contributed by atoms with Gasteiger partial charge < -0.3 is 15.2 Å². The van der Waals surface area contributed by atoms with Gasteiger partial charge in [-0.15, -0.1) is 11.3 Å². The fourth-order valence-corrected chi connectivity index (χ4v) is 4.57. The number of esters is 1. The summed E-state index contributed by atoms with van der Waals surface area (Å²) in [5.41, 5.74) is 2.66. The molecule has 29 heavy (non-hydrogen) atoms. The normalized spacial score (nSPS) is 16.6. The van der Waals surface area contributed by atoms with Gasteiger partial charge in [0.2, 0.25) is 0 Å². The summed E-state index contributed by atoms with van der Waals surface area (Å²) in [6.45, 7) is 3.70. The predicted molar refractivity (Wildman–Crippen MR) is 114 cm³/mol. The molecule has 152 valence electrons. The van der Waals surface area contributed by atoms with Gasteiger partial charge in [0, 0.05) is 21.3 Å². The van der Waals surface area contributed by atoms with Gasteiger partial charge in [0.25, 0.3) is 0 Å². The summed E-state index contributed by atoms with van der Waals surface area (Å²) in [6.07, 6.45) is 1.32. The van der Waals surface area contributed by atoms with E-state index in [1.54, 1.807) is 13.8 Å². The lowest BCUT2D eigenvalue weighted by atomic mass is 9.84. The maximum atomic E-state index is 12.9. The van der Waals surface area contributed by atoms with Crippen molar-refractivity contribution >= 4 is 34.9 Å². The molecule has 2 aromatic rings. The van der Waals surface area contributed by atoms with Gasteiger partial charge in [0.15, 0.2) is 0 Å². The number of rotatable bonds is 7. The fraction of sp³-hybridized carbons (Fsp3) is 0.273. The first-order valence-electron chi connectivity index (χ1n) is 9.26.